The molecule has 1 unspecified atom stereocenters. The quantitative estimate of drug-likeness (QED) is 0.270. The molecule has 2 aromatic heterocycles. The van der Waals surface area contributed by atoms with Gasteiger partial charge in [0.15, 0.2) is 11.8 Å². The van der Waals surface area contributed by atoms with Crippen molar-refractivity contribution >= 4 is 41.3 Å². The fraction of sp³-hybridized carbons (Fsp3) is 0.682. The van der Waals surface area contributed by atoms with E-state index in [-0.39, 0.29) is 24.0 Å². The molecule has 2 aromatic rings. The summed E-state index contributed by atoms with van der Waals surface area (Å²) in [5, 5.41) is 17.6. The SMILES string of the molecule is Cc1nnc(CN=C(NCCc2cccs2)NC(C)CCC2CCCCC2)n1C.I. The zero-order valence-corrected chi connectivity index (χ0v) is 21.7. The molecule has 1 saturated carbocycles. The highest BCUT2D eigenvalue weighted by Crippen LogP contribution is 2.27. The van der Waals surface area contributed by atoms with Crippen LogP contribution in [0.4, 0.5) is 0 Å². The van der Waals surface area contributed by atoms with Crippen LogP contribution in [0.15, 0.2) is 22.5 Å². The summed E-state index contributed by atoms with van der Waals surface area (Å²) in [6.07, 6.45) is 10.6. The van der Waals surface area contributed by atoms with Crippen molar-refractivity contribution in [3.05, 3.63) is 34.0 Å². The van der Waals surface area contributed by atoms with Gasteiger partial charge in [0.1, 0.15) is 12.4 Å². The van der Waals surface area contributed by atoms with E-state index in [4.69, 9.17) is 4.99 Å². The van der Waals surface area contributed by atoms with E-state index < -0.39 is 0 Å². The number of aryl methyl sites for hydroxylation is 1. The number of hydrogen-bond acceptors (Lipinski definition) is 4. The largest absolute Gasteiger partial charge is 0.356 e. The van der Waals surface area contributed by atoms with E-state index in [0.29, 0.717) is 12.6 Å². The highest BCUT2D eigenvalue weighted by Gasteiger charge is 2.15. The number of nitrogens with one attached hydrogen (secondary N) is 2. The summed E-state index contributed by atoms with van der Waals surface area (Å²) in [6.45, 7) is 5.64. The molecular formula is C22H37IN6S. The van der Waals surface area contributed by atoms with Gasteiger partial charge in [-0.2, -0.15) is 0 Å². The molecule has 0 spiro atoms. The molecule has 1 atom stereocenters. The number of rotatable bonds is 9. The van der Waals surface area contributed by atoms with Gasteiger partial charge in [-0.25, -0.2) is 4.99 Å². The number of aromatic nitrogens is 3. The van der Waals surface area contributed by atoms with E-state index in [0.717, 1.165) is 36.5 Å². The second kappa shape index (κ2) is 13.3. The first-order valence-electron chi connectivity index (χ1n) is 11.0. The van der Waals surface area contributed by atoms with Crippen LogP contribution in [-0.2, 0) is 20.0 Å². The van der Waals surface area contributed by atoms with Crippen molar-refractivity contribution < 1.29 is 0 Å². The van der Waals surface area contributed by atoms with Crippen molar-refractivity contribution in [1.82, 2.24) is 25.4 Å². The highest BCUT2D eigenvalue weighted by atomic mass is 127. The van der Waals surface area contributed by atoms with Gasteiger partial charge in [-0.15, -0.1) is 45.5 Å². The third-order valence-electron chi connectivity index (χ3n) is 5.92. The van der Waals surface area contributed by atoms with Gasteiger partial charge in [0.05, 0.1) is 0 Å². The van der Waals surface area contributed by atoms with Gasteiger partial charge in [0, 0.05) is 24.5 Å². The molecular weight excluding hydrogens is 507 g/mol. The zero-order chi connectivity index (χ0) is 20.5. The Balaban J connectivity index is 0.00000320. The normalized spacial score (nSPS) is 16.2. The third-order valence-corrected chi connectivity index (χ3v) is 6.86. The van der Waals surface area contributed by atoms with E-state index in [2.05, 4.69) is 45.3 Å². The molecule has 2 heterocycles. The van der Waals surface area contributed by atoms with Crippen molar-refractivity contribution in [3.8, 4) is 0 Å². The first kappa shape index (κ1) is 25.1. The minimum Gasteiger partial charge on any atom is -0.356 e. The molecule has 0 aliphatic heterocycles. The van der Waals surface area contributed by atoms with Crippen LogP contribution in [0.1, 0.15) is 68.4 Å². The maximum absolute atomic E-state index is 4.80. The Morgan fingerprint density at radius 1 is 1.30 bits per heavy atom. The predicted octanol–water partition coefficient (Wildman–Crippen LogP) is 4.83. The predicted molar refractivity (Wildman–Crippen MR) is 137 cm³/mol. The highest BCUT2D eigenvalue weighted by molar-refractivity contribution is 14.0. The molecule has 6 nitrogen and oxygen atoms in total. The van der Waals surface area contributed by atoms with Gasteiger partial charge >= 0.3 is 0 Å². The van der Waals surface area contributed by atoms with Crippen LogP contribution in [0.2, 0.25) is 0 Å². The van der Waals surface area contributed by atoms with E-state index in [1.807, 2.05) is 18.5 Å². The summed E-state index contributed by atoms with van der Waals surface area (Å²) in [5.41, 5.74) is 0. The van der Waals surface area contributed by atoms with Crippen molar-refractivity contribution in [3.63, 3.8) is 0 Å². The smallest absolute Gasteiger partial charge is 0.191 e. The molecule has 8 heteroatoms. The Labute approximate surface area is 202 Å². The fourth-order valence-electron chi connectivity index (χ4n) is 3.92. The summed E-state index contributed by atoms with van der Waals surface area (Å²) in [6, 6.07) is 4.70. The Morgan fingerprint density at radius 2 is 2.10 bits per heavy atom. The second-order valence-electron chi connectivity index (χ2n) is 8.27. The number of thiophene rings is 1. The van der Waals surface area contributed by atoms with Crippen LogP contribution in [0, 0.1) is 12.8 Å². The van der Waals surface area contributed by atoms with Crippen LogP contribution in [-0.4, -0.2) is 33.3 Å². The monoisotopic (exact) mass is 544 g/mol. The first-order valence-corrected chi connectivity index (χ1v) is 11.9. The van der Waals surface area contributed by atoms with Crippen molar-refractivity contribution in [2.24, 2.45) is 18.0 Å². The summed E-state index contributed by atoms with van der Waals surface area (Å²) in [5.74, 6) is 3.59. The van der Waals surface area contributed by atoms with Gasteiger partial charge in [-0.3, -0.25) is 0 Å². The standard InChI is InChI=1S/C22H36N6S.HI/c1-17(11-12-19-8-5-4-6-9-19)25-22(23-14-13-20-10-7-15-29-20)24-16-21-27-26-18(2)28(21)3;/h7,10,15,17,19H,4-6,8-9,11-14,16H2,1-3H3,(H2,23,24,25);1H. The van der Waals surface area contributed by atoms with Crippen LogP contribution >= 0.6 is 35.3 Å². The Kier molecular flexibility index (Phi) is 11.1. The van der Waals surface area contributed by atoms with Crippen LogP contribution in [0.25, 0.3) is 0 Å². The molecule has 0 amide bonds. The van der Waals surface area contributed by atoms with E-state index in [9.17, 15) is 0 Å². The lowest BCUT2D eigenvalue weighted by atomic mass is 9.85. The summed E-state index contributed by atoms with van der Waals surface area (Å²) < 4.78 is 2.00. The van der Waals surface area contributed by atoms with Gasteiger partial charge in [-0.1, -0.05) is 38.2 Å². The van der Waals surface area contributed by atoms with E-state index >= 15 is 0 Å². The zero-order valence-electron chi connectivity index (χ0n) is 18.6. The second-order valence-corrected chi connectivity index (χ2v) is 9.30. The molecule has 30 heavy (non-hydrogen) atoms. The molecule has 0 saturated heterocycles. The molecule has 168 valence electrons. The van der Waals surface area contributed by atoms with Crippen molar-refractivity contribution in [1.29, 1.82) is 0 Å². The summed E-state index contributed by atoms with van der Waals surface area (Å²) in [7, 11) is 1.99. The number of hydrogen-bond donors (Lipinski definition) is 2. The number of halogens is 1. The molecule has 1 aliphatic rings. The van der Waals surface area contributed by atoms with Crippen molar-refractivity contribution in [2.45, 2.75) is 77.8 Å². The Bertz CT molecular complexity index is 752. The Morgan fingerprint density at radius 3 is 2.77 bits per heavy atom. The molecule has 1 aliphatic carbocycles. The minimum atomic E-state index is 0. The average molecular weight is 545 g/mol. The molecule has 0 bridgehead atoms. The Hall–Kier alpha value is -1.16. The molecule has 3 rings (SSSR count). The van der Waals surface area contributed by atoms with Gasteiger partial charge in [0.2, 0.25) is 0 Å². The van der Waals surface area contributed by atoms with Crippen molar-refractivity contribution in [2.75, 3.05) is 6.54 Å². The number of guanidine groups is 1. The third kappa shape index (κ3) is 8.17. The lowest BCUT2D eigenvalue weighted by Crippen LogP contribution is -2.43. The molecule has 1 fully saturated rings. The van der Waals surface area contributed by atoms with Crippen LogP contribution in [0.5, 0.6) is 0 Å². The average Bonchev–Trinajstić information content (AvgIpc) is 3.36. The number of nitrogens with zero attached hydrogens (tertiary/aromatic N) is 4. The van der Waals surface area contributed by atoms with Gasteiger partial charge in [-0.05, 0) is 50.5 Å². The van der Waals surface area contributed by atoms with E-state index in [1.54, 1.807) is 11.3 Å². The molecule has 0 aromatic carbocycles. The maximum atomic E-state index is 4.80. The van der Waals surface area contributed by atoms with Crippen LogP contribution in [0.3, 0.4) is 0 Å². The summed E-state index contributed by atoms with van der Waals surface area (Å²) in [4.78, 5) is 6.19. The first-order chi connectivity index (χ1) is 14.1. The van der Waals surface area contributed by atoms with E-state index in [1.165, 1.54) is 49.8 Å². The maximum Gasteiger partial charge on any atom is 0.191 e. The van der Waals surface area contributed by atoms with Crippen LogP contribution < -0.4 is 10.6 Å². The number of aliphatic imine (C=N–C) groups is 1. The minimum absolute atomic E-state index is 0. The molecule has 2 N–H and O–H groups in total. The van der Waals surface area contributed by atoms with Gasteiger partial charge in [0.25, 0.3) is 0 Å². The lowest BCUT2D eigenvalue weighted by Gasteiger charge is -2.24. The van der Waals surface area contributed by atoms with Gasteiger partial charge < -0.3 is 15.2 Å². The fourth-order valence-corrected chi connectivity index (χ4v) is 4.63. The summed E-state index contributed by atoms with van der Waals surface area (Å²) >= 11 is 1.81. The topological polar surface area (TPSA) is 67.1 Å². The molecule has 0 radical (unpaired) electrons. The lowest BCUT2D eigenvalue weighted by molar-refractivity contribution is 0.322.